The van der Waals surface area contributed by atoms with Crippen molar-refractivity contribution >= 4 is 27.1 Å². The number of imidazole rings is 1. The van der Waals surface area contributed by atoms with Gasteiger partial charge in [-0.3, -0.25) is 0 Å². The van der Waals surface area contributed by atoms with E-state index in [2.05, 4.69) is 36.2 Å². The van der Waals surface area contributed by atoms with Crippen LogP contribution in [-0.2, 0) is 10.2 Å². The summed E-state index contributed by atoms with van der Waals surface area (Å²) >= 11 is 1.54. The summed E-state index contributed by atoms with van der Waals surface area (Å²) in [5.41, 5.74) is 2.05. The molecule has 7 heteroatoms. The summed E-state index contributed by atoms with van der Waals surface area (Å²) in [5, 5.41) is 8.72. The van der Waals surface area contributed by atoms with E-state index >= 15 is 0 Å². The molecule has 3 heterocycles. The van der Waals surface area contributed by atoms with Gasteiger partial charge in [0.2, 0.25) is 10.1 Å². The summed E-state index contributed by atoms with van der Waals surface area (Å²) < 4.78 is 13.2. The Balaban J connectivity index is 1.38. The smallest absolute Gasteiger partial charge is 0.214 e. The highest BCUT2D eigenvalue weighted by atomic mass is 32.1. The van der Waals surface area contributed by atoms with Crippen LogP contribution in [0.25, 0.3) is 4.96 Å². The summed E-state index contributed by atoms with van der Waals surface area (Å²) in [4.78, 5) is 5.57. The number of hydrogen-bond donors (Lipinski definition) is 1. The van der Waals surface area contributed by atoms with Gasteiger partial charge in [-0.15, -0.1) is 5.10 Å². The summed E-state index contributed by atoms with van der Waals surface area (Å²) in [6.07, 6.45) is 4.45. The fourth-order valence-electron chi connectivity index (χ4n) is 2.83. The Morgan fingerprint density at radius 1 is 1.31 bits per heavy atom. The Labute approximate surface area is 157 Å². The monoisotopic (exact) mass is 372 g/mol. The van der Waals surface area contributed by atoms with Gasteiger partial charge in [0.05, 0.1) is 18.0 Å². The second-order valence-corrected chi connectivity index (χ2v) is 8.56. The molecule has 0 radical (unpaired) electrons. The van der Waals surface area contributed by atoms with Gasteiger partial charge >= 0.3 is 0 Å². The van der Waals surface area contributed by atoms with Crippen LogP contribution in [0.4, 0.5) is 10.8 Å². The molecule has 1 aromatic carbocycles. The molecule has 1 fully saturated rings. The molecule has 0 spiro atoms. The zero-order valence-corrected chi connectivity index (χ0v) is 16.2. The number of nitrogens with zero attached hydrogens (tertiary/aromatic N) is 3. The van der Waals surface area contributed by atoms with Crippen LogP contribution in [-0.4, -0.2) is 33.9 Å². The summed E-state index contributed by atoms with van der Waals surface area (Å²) in [7, 11) is 0. The zero-order chi connectivity index (χ0) is 18.1. The quantitative estimate of drug-likeness (QED) is 0.720. The lowest BCUT2D eigenvalue weighted by Gasteiger charge is -2.13. The molecule has 3 aromatic rings. The molecule has 6 nitrogen and oxygen atoms in total. The van der Waals surface area contributed by atoms with E-state index in [1.807, 2.05) is 35.0 Å². The van der Waals surface area contributed by atoms with Crippen molar-refractivity contribution in [1.29, 1.82) is 0 Å². The molecule has 138 valence electrons. The number of fused-ring (bicyclic) bond motifs is 1. The maximum absolute atomic E-state index is 5.80. The first-order chi connectivity index (χ1) is 12.5. The van der Waals surface area contributed by atoms with Crippen LogP contribution in [0.1, 0.15) is 39.3 Å². The van der Waals surface area contributed by atoms with Crippen LogP contribution >= 0.6 is 11.3 Å². The summed E-state index contributed by atoms with van der Waals surface area (Å²) in [6.45, 7) is 7.93. The molecule has 1 atom stereocenters. The number of nitrogens with one attached hydrogen (secondary N) is 1. The van der Waals surface area contributed by atoms with Crippen molar-refractivity contribution < 1.29 is 9.47 Å². The highest BCUT2D eigenvalue weighted by Gasteiger charge is 2.19. The first-order valence-electron chi connectivity index (χ1n) is 8.95. The number of benzene rings is 1. The predicted octanol–water partition coefficient (Wildman–Crippen LogP) is 4.39. The largest absolute Gasteiger partial charge is 0.491 e. The standard InChI is InChI=1S/C19H24N4O2S/c1-19(2,3)16-11-23-18(21-16)26-17(22-23)20-13-6-8-14(9-7-13)25-12-15-5-4-10-24-15/h6-9,11,15H,4-5,10,12H2,1-3H3,(H,20,22). The molecule has 0 bridgehead atoms. The number of anilines is 2. The number of hydrogen-bond acceptors (Lipinski definition) is 6. The minimum Gasteiger partial charge on any atom is -0.491 e. The minimum absolute atomic E-state index is 0.0282. The molecular weight excluding hydrogens is 348 g/mol. The van der Waals surface area contributed by atoms with Crippen LogP contribution < -0.4 is 10.1 Å². The molecule has 0 amide bonds. The molecule has 0 aliphatic carbocycles. The van der Waals surface area contributed by atoms with E-state index in [0.29, 0.717) is 6.61 Å². The van der Waals surface area contributed by atoms with Gasteiger partial charge in [-0.25, -0.2) is 9.50 Å². The molecule has 0 saturated carbocycles. The van der Waals surface area contributed by atoms with Gasteiger partial charge in [-0.05, 0) is 37.1 Å². The van der Waals surface area contributed by atoms with Crippen LogP contribution in [0.5, 0.6) is 5.75 Å². The van der Waals surface area contributed by atoms with Crippen molar-refractivity contribution in [2.24, 2.45) is 0 Å². The highest BCUT2D eigenvalue weighted by Crippen LogP contribution is 2.28. The maximum Gasteiger partial charge on any atom is 0.214 e. The van der Waals surface area contributed by atoms with Crippen molar-refractivity contribution in [3.63, 3.8) is 0 Å². The first-order valence-corrected chi connectivity index (χ1v) is 9.77. The van der Waals surface area contributed by atoms with Crippen LogP contribution in [0, 0.1) is 0 Å². The van der Waals surface area contributed by atoms with Gasteiger partial charge in [-0.2, -0.15) is 0 Å². The van der Waals surface area contributed by atoms with E-state index in [-0.39, 0.29) is 11.5 Å². The number of aromatic nitrogens is 3. The first kappa shape index (κ1) is 17.3. The molecule has 1 aliphatic rings. The Kier molecular flexibility index (Phi) is 4.58. The minimum atomic E-state index is 0.0282. The van der Waals surface area contributed by atoms with Crippen molar-refractivity contribution in [3.8, 4) is 5.75 Å². The molecule has 1 aliphatic heterocycles. The van der Waals surface area contributed by atoms with Crippen LogP contribution in [0.2, 0.25) is 0 Å². The Hall–Kier alpha value is -2.12. The Morgan fingerprint density at radius 2 is 2.12 bits per heavy atom. The molecular formula is C19H24N4O2S. The summed E-state index contributed by atoms with van der Waals surface area (Å²) in [6, 6.07) is 7.92. The Bertz CT molecular complexity index is 842. The average molecular weight is 372 g/mol. The van der Waals surface area contributed by atoms with Gasteiger partial charge in [0.1, 0.15) is 12.4 Å². The second kappa shape index (κ2) is 6.89. The number of ether oxygens (including phenoxy) is 2. The van der Waals surface area contributed by atoms with E-state index in [0.717, 1.165) is 46.7 Å². The molecule has 26 heavy (non-hydrogen) atoms. The topological polar surface area (TPSA) is 60.7 Å². The summed E-state index contributed by atoms with van der Waals surface area (Å²) in [5.74, 6) is 0.856. The lowest BCUT2D eigenvalue weighted by molar-refractivity contribution is 0.0679. The lowest BCUT2D eigenvalue weighted by Crippen LogP contribution is -2.16. The van der Waals surface area contributed by atoms with Crippen LogP contribution in [0.3, 0.4) is 0 Å². The van der Waals surface area contributed by atoms with Crippen molar-refractivity contribution in [1.82, 2.24) is 14.6 Å². The molecule has 2 aromatic heterocycles. The van der Waals surface area contributed by atoms with Crippen LogP contribution in [0.15, 0.2) is 30.5 Å². The van der Waals surface area contributed by atoms with E-state index in [4.69, 9.17) is 9.47 Å². The predicted molar refractivity (Wildman–Crippen MR) is 104 cm³/mol. The third kappa shape index (κ3) is 3.83. The van der Waals surface area contributed by atoms with E-state index in [1.54, 1.807) is 11.3 Å². The average Bonchev–Trinajstić information content (AvgIpc) is 3.29. The van der Waals surface area contributed by atoms with Crippen molar-refractivity contribution in [3.05, 3.63) is 36.2 Å². The van der Waals surface area contributed by atoms with Gasteiger partial charge in [0.15, 0.2) is 0 Å². The third-order valence-electron chi connectivity index (χ3n) is 4.38. The molecule has 4 rings (SSSR count). The third-order valence-corrected chi connectivity index (χ3v) is 5.22. The van der Waals surface area contributed by atoms with Gasteiger partial charge in [0.25, 0.3) is 0 Å². The fraction of sp³-hybridized carbons (Fsp3) is 0.474. The molecule has 1 saturated heterocycles. The number of rotatable bonds is 5. The highest BCUT2D eigenvalue weighted by molar-refractivity contribution is 7.20. The fourth-order valence-corrected chi connectivity index (χ4v) is 3.64. The van der Waals surface area contributed by atoms with Crippen molar-refractivity contribution in [2.45, 2.75) is 45.1 Å². The van der Waals surface area contributed by atoms with Crippen molar-refractivity contribution in [2.75, 3.05) is 18.5 Å². The second-order valence-electron chi connectivity index (χ2n) is 7.61. The normalized spacial score (nSPS) is 17.7. The van der Waals surface area contributed by atoms with E-state index in [1.165, 1.54) is 0 Å². The zero-order valence-electron chi connectivity index (χ0n) is 15.4. The van der Waals surface area contributed by atoms with Gasteiger partial charge < -0.3 is 14.8 Å². The SMILES string of the molecule is CC(C)(C)c1cn2nc(Nc3ccc(OCC4CCCO4)cc3)sc2n1. The van der Waals surface area contributed by atoms with Gasteiger partial charge in [-0.1, -0.05) is 32.1 Å². The maximum atomic E-state index is 5.80. The van der Waals surface area contributed by atoms with Gasteiger partial charge in [0, 0.05) is 17.7 Å². The lowest BCUT2D eigenvalue weighted by atomic mass is 9.93. The molecule has 1 unspecified atom stereocenters. The molecule has 1 N–H and O–H groups in total. The van der Waals surface area contributed by atoms with E-state index < -0.39 is 0 Å². The Morgan fingerprint density at radius 3 is 2.77 bits per heavy atom. The van der Waals surface area contributed by atoms with E-state index in [9.17, 15) is 0 Å².